The van der Waals surface area contributed by atoms with Crippen LogP contribution in [0.25, 0.3) is 0 Å². The second-order valence-electron chi connectivity index (χ2n) is 6.38. The number of carbonyl (C=O) groups is 2. The van der Waals surface area contributed by atoms with Crippen molar-refractivity contribution in [2.24, 2.45) is 9.98 Å². The summed E-state index contributed by atoms with van der Waals surface area (Å²) in [5.41, 5.74) is 1.04. The predicted molar refractivity (Wildman–Crippen MR) is 135 cm³/mol. The zero-order chi connectivity index (χ0) is 26.3. The van der Waals surface area contributed by atoms with Gasteiger partial charge in [-0.1, -0.05) is 48.5 Å². The van der Waals surface area contributed by atoms with E-state index in [0.29, 0.717) is 11.4 Å². The Hall–Kier alpha value is -4.17. The van der Waals surface area contributed by atoms with Crippen LogP contribution in [0.5, 0.6) is 0 Å². The summed E-state index contributed by atoms with van der Waals surface area (Å²) in [6.45, 7) is 0. The second-order valence-corrected chi connectivity index (χ2v) is 8.34. The first-order chi connectivity index (χ1) is 17.3. The number of hydrogen-bond acceptors (Lipinski definition) is 11. The molecule has 0 N–H and O–H groups in total. The number of para-hydroxylation sites is 2. The Kier molecular flexibility index (Phi) is 13.8. The fourth-order valence-electron chi connectivity index (χ4n) is 2.51. The van der Waals surface area contributed by atoms with Crippen molar-refractivity contribution in [1.82, 2.24) is 0 Å². The molecule has 0 aliphatic carbocycles. The standard InChI is InChI=1S/2C12H9NO2S.Co.NO3/c2*14-12(15)10-5-1-2-6-11(10)13-8-9-4-3-7-16-9;;2-1(3)4/h2*1-8H,(H,14,15);;/q;;+3;-1/p-2. The molecule has 13 heteroatoms. The second kappa shape index (κ2) is 16.5. The summed E-state index contributed by atoms with van der Waals surface area (Å²) < 4.78 is 0. The van der Waals surface area contributed by atoms with Gasteiger partial charge in [-0.15, -0.1) is 22.7 Å². The monoisotopic (exact) mass is 581 g/mol. The number of carboxylic acid groups (broad SMARTS) is 2. The molecule has 0 unspecified atom stereocenters. The Morgan fingerprint density at radius 1 is 0.676 bits per heavy atom. The number of aromatic carboxylic acids is 2. The van der Waals surface area contributed by atoms with Crippen LogP contribution in [0.2, 0.25) is 0 Å². The average Bonchev–Trinajstić information content (AvgIpc) is 3.56. The van der Waals surface area contributed by atoms with Crippen molar-refractivity contribution < 1.29 is 41.7 Å². The first kappa shape index (κ1) is 30.9. The zero-order valence-corrected chi connectivity index (χ0v) is 21.3. The van der Waals surface area contributed by atoms with Crippen molar-refractivity contribution in [3.63, 3.8) is 0 Å². The number of thiophene rings is 2. The van der Waals surface area contributed by atoms with Crippen LogP contribution in [0.15, 0.2) is 93.5 Å². The van der Waals surface area contributed by atoms with Crippen molar-refractivity contribution >= 4 is 58.4 Å². The molecule has 0 saturated heterocycles. The van der Waals surface area contributed by atoms with Gasteiger partial charge in [-0.2, -0.15) is 0 Å². The molecule has 0 amide bonds. The van der Waals surface area contributed by atoms with E-state index < -0.39 is 17.0 Å². The van der Waals surface area contributed by atoms with Gasteiger partial charge in [0.25, 0.3) is 0 Å². The molecule has 0 radical (unpaired) electrons. The quantitative estimate of drug-likeness (QED) is 0.190. The fourth-order valence-corrected chi connectivity index (χ4v) is 3.68. The molecular formula is C24H16CoN3O7S2. The summed E-state index contributed by atoms with van der Waals surface area (Å²) >= 11 is 3.09. The molecular weight excluding hydrogens is 565 g/mol. The number of carbonyl (C=O) groups excluding carboxylic acids is 2. The van der Waals surface area contributed by atoms with Crippen LogP contribution in [-0.4, -0.2) is 29.5 Å². The van der Waals surface area contributed by atoms with Gasteiger partial charge in [-0.05, 0) is 35.0 Å². The van der Waals surface area contributed by atoms with E-state index in [9.17, 15) is 19.8 Å². The normalized spacial score (nSPS) is 9.95. The van der Waals surface area contributed by atoms with Crippen LogP contribution in [0.1, 0.15) is 30.5 Å². The van der Waals surface area contributed by atoms with Gasteiger partial charge in [0.2, 0.25) is 0 Å². The van der Waals surface area contributed by atoms with Crippen LogP contribution in [0.3, 0.4) is 0 Å². The van der Waals surface area contributed by atoms with Crippen molar-refractivity contribution in [2.45, 2.75) is 0 Å². The maximum Gasteiger partial charge on any atom is 3.00 e. The van der Waals surface area contributed by atoms with Gasteiger partial charge >= 0.3 is 16.8 Å². The molecule has 0 saturated carbocycles. The molecule has 4 rings (SSSR count). The number of rotatable bonds is 6. The van der Waals surface area contributed by atoms with Gasteiger partial charge in [0.15, 0.2) is 0 Å². The largest absolute Gasteiger partial charge is 3.00 e. The van der Waals surface area contributed by atoms with Crippen molar-refractivity contribution in [3.05, 3.63) is 120 Å². The topological polar surface area (TPSA) is 171 Å². The third kappa shape index (κ3) is 11.4. The maximum absolute atomic E-state index is 10.8. The third-order valence-corrected chi connectivity index (χ3v) is 5.61. The Labute approximate surface area is 229 Å². The van der Waals surface area contributed by atoms with Gasteiger partial charge in [0.05, 0.1) is 28.4 Å². The van der Waals surface area contributed by atoms with E-state index >= 15 is 0 Å². The summed E-state index contributed by atoms with van der Waals surface area (Å²) in [6, 6.07) is 20.7. The van der Waals surface area contributed by atoms with E-state index in [2.05, 4.69) is 9.98 Å². The summed E-state index contributed by atoms with van der Waals surface area (Å²) in [5.74, 6) is -2.42. The molecule has 2 aromatic heterocycles. The van der Waals surface area contributed by atoms with Crippen LogP contribution in [0, 0.1) is 15.3 Å². The van der Waals surface area contributed by atoms with E-state index in [1.807, 2.05) is 35.0 Å². The zero-order valence-electron chi connectivity index (χ0n) is 18.6. The minimum atomic E-state index is -1.75. The van der Waals surface area contributed by atoms with Crippen molar-refractivity contribution in [2.75, 3.05) is 0 Å². The summed E-state index contributed by atoms with van der Waals surface area (Å²) in [5, 5.41) is 40.2. The summed E-state index contributed by atoms with van der Waals surface area (Å²) in [4.78, 5) is 40.1. The Morgan fingerprint density at radius 3 is 1.32 bits per heavy atom. The predicted octanol–water partition coefficient (Wildman–Crippen LogP) is 3.48. The summed E-state index contributed by atoms with van der Waals surface area (Å²) in [7, 11) is 0. The molecule has 37 heavy (non-hydrogen) atoms. The molecule has 0 atom stereocenters. The number of benzene rings is 2. The molecule has 0 aliphatic rings. The molecule has 0 aliphatic heterocycles. The smallest absolute Gasteiger partial charge is 0.545 e. The number of carboxylic acids is 2. The van der Waals surface area contributed by atoms with Gasteiger partial charge in [0, 0.05) is 33.3 Å². The van der Waals surface area contributed by atoms with Crippen molar-refractivity contribution in [1.29, 1.82) is 0 Å². The first-order valence-corrected chi connectivity index (χ1v) is 11.6. The minimum Gasteiger partial charge on any atom is -0.545 e. The molecule has 190 valence electrons. The number of aliphatic imine (C=N–C) groups is 2. The molecule has 10 nitrogen and oxygen atoms in total. The number of hydrogen-bond donors (Lipinski definition) is 0. The van der Waals surface area contributed by atoms with Crippen LogP contribution >= 0.6 is 22.7 Å². The van der Waals surface area contributed by atoms with Crippen LogP contribution in [-0.2, 0) is 16.8 Å². The molecule has 4 aromatic rings. The molecule has 0 bridgehead atoms. The molecule has 2 aromatic carbocycles. The Bertz CT molecular complexity index is 1240. The Balaban J connectivity index is 0.000000316. The van der Waals surface area contributed by atoms with E-state index in [-0.39, 0.29) is 27.9 Å². The molecule has 0 spiro atoms. The van der Waals surface area contributed by atoms with Gasteiger partial charge in [-0.3, -0.25) is 9.98 Å². The van der Waals surface area contributed by atoms with E-state index in [1.165, 1.54) is 12.1 Å². The van der Waals surface area contributed by atoms with Gasteiger partial charge in [0.1, 0.15) is 0 Å². The Morgan fingerprint density at radius 2 is 1.03 bits per heavy atom. The van der Waals surface area contributed by atoms with E-state index in [0.717, 1.165) is 9.75 Å². The maximum atomic E-state index is 10.8. The SMILES string of the molecule is O=C([O-])c1ccccc1N=Cc1cccs1.O=C([O-])c1ccccc1N=Cc1cccs1.O=[N+]([O-])[O-].[Co+3]. The average molecular weight is 581 g/mol. The van der Waals surface area contributed by atoms with Gasteiger partial charge in [-0.25, -0.2) is 0 Å². The van der Waals surface area contributed by atoms with Gasteiger partial charge < -0.3 is 35.1 Å². The fraction of sp³-hybridized carbons (Fsp3) is 0. The molecule has 0 fully saturated rings. The van der Waals surface area contributed by atoms with Crippen LogP contribution < -0.4 is 10.2 Å². The van der Waals surface area contributed by atoms with E-state index in [4.69, 9.17) is 15.3 Å². The number of nitrogens with zero attached hydrogens (tertiary/aromatic N) is 3. The first-order valence-electron chi connectivity index (χ1n) is 9.85. The van der Waals surface area contributed by atoms with Crippen LogP contribution in [0.4, 0.5) is 11.4 Å². The molecule has 2 heterocycles. The minimum absolute atomic E-state index is 0. The third-order valence-electron chi connectivity index (χ3n) is 4.00. The van der Waals surface area contributed by atoms with Crippen molar-refractivity contribution in [3.8, 4) is 0 Å². The van der Waals surface area contributed by atoms with E-state index in [1.54, 1.807) is 71.5 Å². The summed E-state index contributed by atoms with van der Waals surface area (Å²) in [6.07, 6.45) is 3.29.